The minimum Gasteiger partial charge on any atom is -0.497 e. The van der Waals surface area contributed by atoms with E-state index in [-0.39, 0.29) is 0 Å². The van der Waals surface area contributed by atoms with Crippen LogP contribution in [0.25, 0.3) is 0 Å². The number of ether oxygens (including phenoxy) is 1. The first-order valence-electron chi connectivity index (χ1n) is 7.80. The lowest BCUT2D eigenvalue weighted by Gasteiger charge is -2.32. The fraction of sp³-hybridized carbons (Fsp3) is 0.647. The van der Waals surface area contributed by atoms with E-state index < -0.39 is 0 Å². The Bertz CT molecular complexity index is 390. The molecule has 112 valence electrons. The second kappa shape index (κ2) is 7.65. The van der Waals surface area contributed by atoms with E-state index in [9.17, 15) is 0 Å². The van der Waals surface area contributed by atoms with Gasteiger partial charge in [-0.2, -0.15) is 0 Å². The maximum Gasteiger partial charge on any atom is 0.118 e. The van der Waals surface area contributed by atoms with Gasteiger partial charge >= 0.3 is 0 Å². The molecule has 0 amide bonds. The van der Waals surface area contributed by atoms with Gasteiger partial charge in [0.25, 0.3) is 0 Å². The molecule has 1 aliphatic rings. The molecule has 1 aromatic carbocycles. The van der Waals surface area contributed by atoms with Crippen LogP contribution in [0.3, 0.4) is 0 Å². The average Bonchev–Trinajstić information content (AvgIpc) is 2.46. The molecular formula is C17H28N2O. The zero-order valence-electron chi connectivity index (χ0n) is 13.1. The van der Waals surface area contributed by atoms with Crippen molar-refractivity contribution in [2.45, 2.75) is 39.3 Å². The van der Waals surface area contributed by atoms with Crippen LogP contribution in [-0.2, 0) is 6.54 Å². The van der Waals surface area contributed by atoms with Gasteiger partial charge in [-0.3, -0.25) is 4.90 Å². The third-order valence-electron chi connectivity index (χ3n) is 4.18. The molecule has 1 aliphatic heterocycles. The Balaban J connectivity index is 1.94. The van der Waals surface area contributed by atoms with Crippen molar-refractivity contribution in [3.8, 4) is 5.75 Å². The van der Waals surface area contributed by atoms with Gasteiger partial charge in [0.05, 0.1) is 7.11 Å². The zero-order valence-corrected chi connectivity index (χ0v) is 13.1. The van der Waals surface area contributed by atoms with E-state index >= 15 is 0 Å². The number of nitrogens with zero attached hydrogens (tertiary/aromatic N) is 1. The summed E-state index contributed by atoms with van der Waals surface area (Å²) in [5.74, 6) is 1.65. The van der Waals surface area contributed by atoms with Crippen LogP contribution in [0.5, 0.6) is 5.75 Å². The number of benzene rings is 1. The number of nitrogens with one attached hydrogen (secondary N) is 1. The van der Waals surface area contributed by atoms with E-state index in [0.29, 0.717) is 12.0 Å². The fourth-order valence-electron chi connectivity index (χ4n) is 2.89. The lowest BCUT2D eigenvalue weighted by molar-refractivity contribution is 0.190. The highest BCUT2D eigenvalue weighted by Crippen LogP contribution is 2.15. The molecule has 3 nitrogen and oxygen atoms in total. The normalized spacial score (nSPS) is 24.9. The van der Waals surface area contributed by atoms with Crippen molar-refractivity contribution in [1.29, 1.82) is 0 Å². The van der Waals surface area contributed by atoms with E-state index in [1.54, 1.807) is 7.11 Å². The Labute approximate surface area is 123 Å². The quantitative estimate of drug-likeness (QED) is 0.915. The fourth-order valence-corrected chi connectivity index (χ4v) is 2.89. The monoisotopic (exact) mass is 276 g/mol. The van der Waals surface area contributed by atoms with Crippen molar-refractivity contribution in [2.24, 2.45) is 5.92 Å². The molecule has 2 atom stereocenters. The Hall–Kier alpha value is -1.06. The van der Waals surface area contributed by atoms with Gasteiger partial charge in [-0.25, -0.2) is 0 Å². The second-order valence-corrected chi connectivity index (χ2v) is 5.99. The Morgan fingerprint density at radius 2 is 2.05 bits per heavy atom. The summed E-state index contributed by atoms with van der Waals surface area (Å²) in [4.78, 5) is 2.59. The largest absolute Gasteiger partial charge is 0.497 e. The second-order valence-electron chi connectivity index (χ2n) is 5.99. The maximum atomic E-state index is 5.22. The van der Waals surface area contributed by atoms with Crippen LogP contribution in [0.1, 0.15) is 32.3 Å². The van der Waals surface area contributed by atoms with Gasteiger partial charge in [0, 0.05) is 19.1 Å². The molecule has 0 aliphatic carbocycles. The molecule has 3 heteroatoms. The third-order valence-corrected chi connectivity index (χ3v) is 4.18. The molecule has 0 aromatic heterocycles. The minimum absolute atomic E-state index is 0.677. The molecule has 1 heterocycles. The summed E-state index contributed by atoms with van der Waals surface area (Å²) in [6, 6.07) is 9.14. The van der Waals surface area contributed by atoms with E-state index in [1.807, 2.05) is 0 Å². The Morgan fingerprint density at radius 1 is 1.30 bits per heavy atom. The first kappa shape index (κ1) is 15.3. The van der Waals surface area contributed by atoms with Crippen LogP contribution >= 0.6 is 0 Å². The summed E-state index contributed by atoms with van der Waals surface area (Å²) in [5, 5.41) is 3.68. The van der Waals surface area contributed by atoms with Gasteiger partial charge in [-0.1, -0.05) is 26.0 Å². The maximum absolute atomic E-state index is 5.22. The van der Waals surface area contributed by atoms with Gasteiger partial charge in [0.1, 0.15) is 5.75 Å². The molecule has 2 unspecified atom stereocenters. The molecule has 1 N–H and O–H groups in total. The van der Waals surface area contributed by atoms with Crippen LogP contribution in [0.2, 0.25) is 0 Å². The molecule has 0 bridgehead atoms. The van der Waals surface area contributed by atoms with Gasteiger partial charge in [-0.05, 0) is 49.5 Å². The molecule has 0 radical (unpaired) electrons. The van der Waals surface area contributed by atoms with Crippen molar-refractivity contribution in [1.82, 2.24) is 10.2 Å². The van der Waals surface area contributed by atoms with Crippen molar-refractivity contribution in [2.75, 3.05) is 26.7 Å². The lowest BCUT2D eigenvalue weighted by atomic mass is 10.0. The smallest absolute Gasteiger partial charge is 0.118 e. The Morgan fingerprint density at radius 3 is 2.70 bits per heavy atom. The van der Waals surface area contributed by atoms with Crippen LogP contribution in [0, 0.1) is 5.92 Å². The number of hydrogen-bond donors (Lipinski definition) is 1. The van der Waals surface area contributed by atoms with Crippen LogP contribution in [0.15, 0.2) is 24.3 Å². The first-order chi connectivity index (χ1) is 9.71. The summed E-state index contributed by atoms with van der Waals surface area (Å²) in [7, 11) is 1.72. The predicted octanol–water partition coefficient (Wildman–Crippen LogP) is 2.91. The van der Waals surface area contributed by atoms with Crippen LogP contribution in [0.4, 0.5) is 0 Å². The summed E-state index contributed by atoms with van der Waals surface area (Å²) < 4.78 is 5.22. The molecule has 2 rings (SSSR count). The molecule has 1 fully saturated rings. The van der Waals surface area contributed by atoms with Gasteiger partial charge in [-0.15, -0.1) is 0 Å². The summed E-state index contributed by atoms with van der Waals surface area (Å²) in [5.41, 5.74) is 1.37. The summed E-state index contributed by atoms with van der Waals surface area (Å²) in [6.07, 6.45) is 2.47. The van der Waals surface area contributed by atoms with E-state index in [2.05, 4.69) is 48.3 Å². The molecular weight excluding hydrogens is 248 g/mol. The zero-order chi connectivity index (χ0) is 14.4. The highest BCUT2D eigenvalue weighted by atomic mass is 16.5. The van der Waals surface area contributed by atoms with Gasteiger partial charge < -0.3 is 10.1 Å². The number of methoxy groups -OCH3 is 1. The van der Waals surface area contributed by atoms with Crippen LogP contribution in [-0.4, -0.2) is 37.7 Å². The number of hydrogen-bond acceptors (Lipinski definition) is 3. The predicted molar refractivity (Wildman–Crippen MR) is 84.1 cm³/mol. The third kappa shape index (κ3) is 4.50. The summed E-state index contributed by atoms with van der Waals surface area (Å²) >= 11 is 0. The van der Waals surface area contributed by atoms with Crippen molar-refractivity contribution < 1.29 is 4.74 Å². The molecule has 1 saturated heterocycles. The molecule has 0 spiro atoms. The molecule has 0 saturated carbocycles. The van der Waals surface area contributed by atoms with Gasteiger partial charge in [0.2, 0.25) is 0 Å². The standard InChI is InChI=1S/C17H28N2O/c1-4-16-9-10-19(12-14(2)11-18-16)13-15-5-7-17(20-3)8-6-15/h5-8,14,16,18H,4,9-13H2,1-3H3. The topological polar surface area (TPSA) is 24.5 Å². The SMILES string of the molecule is CCC1CCN(Cc2ccc(OC)cc2)CC(C)CN1. The van der Waals surface area contributed by atoms with Crippen molar-refractivity contribution in [3.63, 3.8) is 0 Å². The lowest BCUT2D eigenvalue weighted by Crippen LogP contribution is -2.43. The first-order valence-corrected chi connectivity index (χ1v) is 7.80. The van der Waals surface area contributed by atoms with Crippen molar-refractivity contribution in [3.05, 3.63) is 29.8 Å². The highest BCUT2D eigenvalue weighted by Gasteiger charge is 2.17. The summed E-state index contributed by atoms with van der Waals surface area (Å²) in [6.45, 7) is 9.16. The Kier molecular flexibility index (Phi) is 5.86. The van der Waals surface area contributed by atoms with E-state index in [0.717, 1.165) is 18.8 Å². The van der Waals surface area contributed by atoms with E-state index in [4.69, 9.17) is 4.74 Å². The van der Waals surface area contributed by atoms with Crippen molar-refractivity contribution >= 4 is 0 Å². The average molecular weight is 276 g/mol. The molecule has 1 aromatic rings. The van der Waals surface area contributed by atoms with Crippen LogP contribution < -0.4 is 10.1 Å². The minimum atomic E-state index is 0.677. The number of rotatable bonds is 4. The van der Waals surface area contributed by atoms with Gasteiger partial charge in [0.15, 0.2) is 0 Å². The van der Waals surface area contributed by atoms with E-state index in [1.165, 1.54) is 31.5 Å². The molecule has 20 heavy (non-hydrogen) atoms. The highest BCUT2D eigenvalue weighted by molar-refractivity contribution is 5.27.